The molecule has 0 saturated carbocycles. The van der Waals surface area contributed by atoms with Crippen molar-refractivity contribution in [3.05, 3.63) is 48.7 Å². The van der Waals surface area contributed by atoms with Gasteiger partial charge in [-0.3, -0.25) is 9.78 Å². The molecule has 1 aromatic heterocycles. The van der Waals surface area contributed by atoms with E-state index < -0.39 is 5.91 Å². The van der Waals surface area contributed by atoms with Gasteiger partial charge in [-0.2, -0.15) is 0 Å². The predicted molar refractivity (Wildman–Crippen MR) is 60.0 cm³/mol. The van der Waals surface area contributed by atoms with Crippen molar-refractivity contribution in [2.75, 3.05) is 0 Å². The van der Waals surface area contributed by atoms with Crippen LogP contribution < -0.4 is 5.73 Å². The Hall–Kier alpha value is -2.16. The van der Waals surface area contributed by atoms with Crippen LogP contribution in [0.4, 0.5) is 0 Å². The molecule has 0 bridgehead atoms. The third-order valence-electron chi connectivity index (χ3n) is 2.27. The Morgan fingerprint density at radius 1 is 1.27 bits per heavy atom. The number of fused-ring (bicyclic) bond motifs is 1. The van der Waals surface area contributed by atoms with E-state index in [4.69, 9.17) is 5.73 Å². The van der Waals surface area contributed by atoms with Crippen LogP contribution in [0.5, 0.6) is 0 Å². The second kappa shape index (κ2) is 3.53. The lowest BCUT2D eigenvalue weighted by molar-refractivity contribution is -0.112. The number of benzene rings is 1. The summed E-state index contributed by atoms with van der Waals surface area (Å²) < 4.78 is 0. The topological polar surface area (TPSA) is 56.0 Å². The Morgan fingerprint density at radius 3 is 2.80 bits per heavy atom. The number of nitrogens with zero attached hydrogens (tertiary/aromatic N) is 1. The lowest BCUT2D eigenvalue weighted by Crippen LogP contribution is -2.12. The highest BCUT2D eigenvalue weighted by Crippen LogP contribution is 2.22. The first kappa shape index (κ1) is 9.40. The minimum atomic E-state index is -0.508. The summed E-state index contributed by atoms with van der Waals surface area (Å²) in [5.41, 5.74) is 7.09. The van der Waals surface area contributed by atoms with Crippen molar-refractivity contribution in [1.29, 1.82) is 0 Å². The van der Waals surface area contributed by atoms with Crippen molar-refractivity contribution in [2.45, 2.75) is 0 Å². The lowest BCUT2D eigenvalue weighted by Gasteiger charge is -2.05. The standard InChI is InChI=1S/C12H10N2O/c1-8(12(13)15)9-4-2-6-11-10(9)5-3-7-14-11/h2-7H,1H2,(H2,13,15). The van der Waals surface area contributed by atoms with E-state index in [0.717, 1.165) is 16.5 Å². The molecular weight excluding hydrogens is 188 g/mol. The van der Waals surface area contributed by atoms with Crippen molar-refractivity contribution in [1.82, 2.24) is 4.98 Å². The van der Waals surface area contributed by atoms with Crippen LogP contribution in [0.2, 0.25) is 0 Å². The summed E-state index contributed by atoms with van der Waals surface area (Å²) >= 11 is 0. The van der Waals surface area contributed by atoms with Crippen LogP contribution in [-0.2, 0) is 4.79 Å². The first-order chi connectivity index (χ1) is 7.20. The zero-order chi connectivity index (χ0) is 10.8. The normalized spacial score (nSPS) is 10.1. The fraction of sp³-hybridized carbons (Fsp3) is 0. The van der Waals surface area contributed by atoms with E-state index in [1.165, 1.54) is 0 Å². The molecule has 2 N–H and O–H groups in total. The minimum Gasteiger partial charge on any atom is -0.366 e. The Balaban J connectivity index is 2.71. The maximum Gasteiger partial charge on any atom is 0.248 e. The average molecular weight is 198 g/mol. The van der Waals surface area contributed by atoms with E-state index in [-0.39, 0.29) is 0 Å². The molecule has 74 valence electrons. The molecule has 2 aromatic rings. The number of aromatic nitrogens is 1. The van der Waals surface area contributed by atoms with Gasteiger partial charge in [0, 0.05) is 17.2 Å². The SMILES string of the molecule is C=C(C(N)=O)c1cccc2ncccc12. The van der Waals surface area contributed by atoms with E-state index in [0.29, 0.717) is 5.57 Å². The molecule has 3 heteroatoms. The van der Waals surface area contributed by atoms with Crippen LogP contribution in [0.25, 0.3) is 16.5 Å². The van der Waals surface area contributed by atoms with Gasteiger partial charge in [0.1, 0.15) is 0 Å². The number of rotatable bonds is 2. The monoisotopic (exact) mass is 198 g/mol. The number of pyridine rings is 1. The smallest absolute Gasteiger partial charge is 0.248 e. The van der Waals surface area contributed by atoms with Gasteiger partial charge in [-0.15, -0.1) is 0 Å². The summed E-state index contributed by atoms with van der Waals surface area (Å²) in [6, 6.07) is 9.24. The van der Waals surface area contributed by atoms with Gasteiger partial charge in [-0.05, 0) is 17.7 Å². The van der Waals surface area contributed by atoms with Gasteiger partial charge in [0.25, 0.3) is 0 Å². The molecule has 0 spiro atoms. The van der Waals surface area contributed by atoms with Crippen molar-refractivity contribution >= 4 is 22.4 Å². The largest absolute Gasteiger partial charge is 0.366 e. The highest BCUT2D eigenvalue weighted by Gasteiger charge is 2.08. The van der Waals surface area contributed by atoms with Gasteiger partial charge in [0.05, 0.1) is 5.52 Å². The molecule has 1 heterocycles. The van der Waals surface area contributed by atoms with Gasteiger partial charge < -0.3 is 5.73 Å². The highest BCUT2D eigenvalue weighted by atomic mass is 16.1. The Kier molecular flexibility index (Phi) is 2.21. The Bertz CT molecular complexity index is 541. The molecule has 15 heavy (non-hydrogen) atoms. The van der Waals surface area contributed by atoms with Gasteiger partial charge in [0.2, 0.25) is 5.91 Å². The summed E-state index contributed by atoms with van der Waals surface area (Å²) in [5, 5.41) is 0.892. The molecule has 1 aromatic carbocycles. The number of amides is 1. The molecule has 0 radical (unpaired) electrons. The van der Waals surface area contributed by atoms with Crippen molar-refractivity contribution in [2.24, 2.45) is 5.73 Å². The van der Waals surface area contributed by atoms with Crippen LogP contribution in [-0.4, -0.2) is 10.9 Å². The summed E-state index contributed by atoms with van der Waals surface area (Å²) in [4.78, 5) is 15.2. The zero-order valence-corrected chi connectivity index (χ0v) is 8.10. The number of hydrogen-bond donors (Lipinski definition) is 1. The minimum absolute atomic E-state index is 0.314. The van der Waals surface area contributed by atoms with E-state index in [2.05, 4.69) is 11.6 Å². The molecule has 0 aliphatic carbocycles. The number of carbonyl (C=O) groups excluding carboxylic acids is 1. The third-order valence-corrected chi connectivity index (χ3v) is 2.27. The molecule has 2 rings (SSSR count). The summed E-state index contributed by atoms with van der Waals surface area (Å²) in [7, 11) is 0. The fourth-order valence-corrected chi connectivity index (χ4v) is 1.50. The first-order valence-electron chi connectivity index (χ1n) is 4.53. The lowest BCUT2D eigenvalue weighted by atomic mass is 10.0. The number of primary amides is 1. The maximum absolute atomic E-state index is 11.0. The highest BCUT2D eigenvalue weighted by molar-refractivity contribution is 6.21. The van der Waals surface area contributed by atoms with Gasteiger partial charge in [-0.25, -0.2) is 0 Å². The van der Waals surface area contributed by atoms with Crippen LogP contribution in [0.15, 0.2) is 43.1 Å². The van der Waals surface area contributed by atoms with Crippen molar-refractivity contribution < 1.29 is 4.79 Å². The number of nitrogens with two attached hydrogens (primary N) is 1. The molecule has 0 saturated heterocycles. The number of hydrogen-bond acceptors (Lipinski definition) is 2. The molecule has 3 nitrogen and oxygen atoms in total. The molecular formula is C12H10N2O. The zero-order valence-electron chi connectivity index (χ0n) is 8.10. The van der Waals surface area contributed by atoms with E-state index in [9.17, 15) is 4.79 Å². The Morgan fingerprint density at radius 2 is 2.07 bits per heavy atom. The molecule has 0 fully saturated rings. The average Bonchev–Trinajstić information content (AvgIpc) is 2.27. The number of carbonyl (C=O) groups is 1. The third kappa shape index (κ3) is 1.59. The van der Waals surface area contributed by atoms with Gasteiger partial charge >= 0.3 is 0 Å². The van der Waals surface area contributed by atoms with E-state index in [1.807, 2.05) is 30.3 Å². The molecule has 0 aliphatic rings. The van der Waals surface area contributed by atoms with Crippen molar-refractivity contribution in [3.8, 4) is 0 Å². The van der Waals surface area contributed by atoms with Crippen LogP contribution >= 0.6 is 0 Å². The maximum atomic E-state index is 11.0. The van der Waals surface area contributed by atoms with E-state index in [1.54, 1.807) is 6.20 Å². The first-order valence-corrected chi connectivity index (χ1v) is 4.53. The summed E-state index contributed by atoms with van der Waals surface area (Å²) in [5.74, 6) is -0.508. The molecule has 0 atom stereocenters. The summed E-state index contributed by atoms with van der Waals surface area (Å²) in [6.07, 6.45) is 1.71. The second-order valence-corrected chi connectivity index (χ2v) is 3.22. The van der Waals surface area contributed by atoms with Crippen molar-refractivity contribution in [3.63, 3.8) is 0 Å². The molecule has 0 aliphatic heterocycles. The quantitative estimate of drug-likeness (QED) is 0.747. The van der Waals surface area contributed by atoms with Crippen LogP contribution in [0.1, 0.15) is 5.56 Å². The molecule has 0 unspecified atom stereocenters. The van der Waals surface area contributed by atoms with Gasteiger partial charge in [-0.1, -0.05) is 24.8 Å². The van der Waals surface area contributed by atoms with Crippen LogP contribution in [0.3, 0.4) is 0 Å². The van der Waals surface area contributed by atoms with Gasteiger partial charge in [0.15, 0.2) is 0 Å². The predicted octanol–water partition coefficient (Wildman–Crippen LogP) is 1.73. The Labute approximate surface area is 87.2 Å². The summed E-state index contributed by atoms with van der Waals surface area (Å²) in [6.45, 7) is 3.67. The fourth-order valence-electron chi connectivity index (χ4n) is 1.50. The second-order valence-electron chi connectivity index (χ2n) is 3.22. The van der Waals surface area contributed by atoms with Crippen LogP contribution in [0, 0.1) is 0 Å². The van der Waals surface area contributed by atoms with E-state index >= 15 is 0 Å². The molecule has 1 amide bonds.